The first-order valence-corrected chi connectivity index (χ1v) is 13.7. The number of thioether (sulfide) groups is 1. The maximum atomic E-state index is 13.2. The molecule has 0 atom stereocenters. The highest BCUT2D eigenvalue weighted by Gasteiger charge is 2.32. The number of carbonyl (C=O) groups excluding carboxylic acids is 1. The fourth-order valence-electron chi connectivity index (χ4n) is 3.63. The summed E-state index contributed by atoms with van der Waals surface area (Å²) in [6, 6.07) is 18.7. The lowest BCUT2D eigenvalue weighted by molar-refractivity contribution is -0.122. The van der Waals surface area contributed by atoms with Gasteiger partial charge >= 0.3 is 0 Å². The van der Waals surface area contributed by atoms with Crippen LogP contribution in [-0.2, 0) is 11.4 Å². The van der Waals surface area contributed by atoms with Crippen molar-refractivity contribution >= 4 is 62.1 Å². The lowest BCUT2D eigenvalue weighted by Gasteiger charge is -2.15. The Hall–Kier alpha value is -2.94. The number of hydrogen-bond donors (Lipinski definition) is 0. The summed E-state index contributed by atoms with van der Waals surface area (Å²) in [6.07, 6.45) is 1.84. The van der Waals surface area contributed by atoms with Gasteiger partial charge in [0.15, 0.2) is 16.7 Å². The van der Waals surface area contributed by atoms with Gasteiger partial charge in [-0.3, -0.25) is 9.69 Å². The van der Waals surface area contributed by atoms with Crippen molar-refractivity contribution in [3.05, 3.63) is 86.2 Å². The summed E-state index contributed by atoms with van der Waals surface area (Å²) in [5, 5.41) is 1.27. The van der Waals surface area contributed by atoms with E-state index in [1.165, 1.54) is 11.8 Å². The van der Waals surface area contributed by atoms with Gasteiger partial charge in [0, 0.05) is 17.1 Å². The largest absolute Gasteiger partial charge is 0.497 e. The fraction of sp³-hybridized carbons (Fsp3) is 0.214. The third-order valence-electron chi connectivity index (χ3n) is 5.46. The first kappa shape index (κ1) is 27.1. The number of rotatable bonds is 9. The molecule has 1 aliphatic heterocycles. The molecule has 0 radical (unpaired) electrons. The second-order valence-electron chi connectivity index (χ2n) is 7.90. The predicted molar refractivity (Wildman–Crippen MR) is 154 cm³/mol. The molecule has 0 bridgehead atoms. The minimum atomic E-state index is -0.0899. The molecule has 192 valence electrons. The van der Waals surface area contributed by atoms with Gasteiger partial charge in [-0.1, -0.05) is 29.8 Å². The van der Waals surface area contributed by atoms with Crippen LogP contribution in [0.5, 0.6) is 17.2 Å². The molecule has 4 rings (SSSR count). The van der Waals surface area contributed by atoms with E-state index in [1.54, 1.807) is 12.0 Å². The molecule has 1 aliphatic rings. The minimum absolute atomic E-state index is 0.0899. The number of likely N-dealkylation sites (N-methyl/N-ethyl adjacent to an activating group) is 1. The Bertz CT molecular complexity index is 1340. The van der Waals surface area contributed by atoms with Gasteiger partial charge in [-0.15, -0.1) is 0 Å². The molecular weight excluding hydrogens is 576 g/mol. The number of halogens is 2. The number of aliphatic imine (C=N–C) groups is 1. The van der Waals surface area contributed by atoms with Gasteiger partial charge in [-0.25, -0.2) is 4.99 Å². The van der Waals surface area contributed by atoms with Gasteiger partial charge in [-0.2, -0.15) is 0 Å². The van der Waals surface area contributed by atoms with Gasteiger partial charge in [-0.05, 0) is 95.6 Å². The van der Waals surface area contributed by atoms with Crippen molar-refractivity contribution in [1.29, 1.82) is 0 Å². The first-order chi connectivity index (χ1) is 17.9. The summed E-state index contributed by atoms with van der Waals surface area (Å²) in [7, 11) is 1.62. The summed E-state index contributed by atoms with van der Waals surface area (Å²) in [4.78, 5) is 20.1. The summed E-state index contributed by atoms with van der Waals surface area (Å²) in [5.41, 5.74) is 2.43. The molecule has 0 spiro atoms. The highest BCUT2D eigenvalue weighted by Crippen LogP contribution is 2.40. The molecule has 0 N–H and O–H groups in total. The third kappa shape index (κ3) is 6.50. The van der Waals surface area contributed by atoms with Crippen LogP contribution in [0.3, 0.4) is 0 Å². The second kappa shape index (κ2) is 12.5. The summed E-state index contributed by atoms with van der Waals surface area (Å²) >= 11 is 11.2. The average Bonchev–Trinajstić information content (AvgIpc) is 3.18. The van der Waals surface area contributed by atoms with Crippen molar-refractivity contribution in [1.82, 2.24) is 4.90 Å². The van der Waals surface area contributed by atoms with E-state index in [9.17, 15) is 4.79 Å². The smallest absolute Gasteiger partial charge is 0.266 e. The lowest BCUT2D eigenvalue weighted by atomic mass is 10.1. The zero-order valence-corrected chi connectivity index (χ0v) is 23.8. The molecule has 1 fully saturated rings. The standard InChI is InChI=1S/C28H26BrClN2O4S/c1-4-32-27(33)25(37-28(32)31-20-10-12-21(34-3)13-11-20)16-18-14-22(29)26(24(15-18)35-5-2)36-17-19-8-6-7-9-23(19)30/h6-16H,4-5,17H2,1-3H3/b25-16+,31-28?. The number of methoxy groups -OCH3 is 1. The van der Waals surface area contributed by atoms with E-state index in [0.717, 1.165) is 22.6 Å². The molecular formula is C28H26BrClN2O4S. The van der Waals surface area contributed by atoms with Crippen LogP contribution in [0.4, 0.5) is 5.69 Å². The number of amides is 1. The zero-order valence-electron chi connectivity index (χ0n) is 20.7. The Kier molecular flexibility index (Phi) is 9.18. The minimum Gasteiger partial charge on any atom is -0.497 e. The predicted octanol–water partition coefficient (Wildman–Crippen LogP) is 7.71. The number of ether oxygens (including phenoxy) is 3. The van der Waals surface area contributed by atoms with Crippen LogP contribution in [0.25, 0.3) is 6.08 Å². The Morgan fingerprint density at radius 3 is 2.51 bits per heavy atom. The first-order valence-electron chi connectivity index (χ1n) is 11.7. The van der Waals surface area contributed by atoms with Crippen LogP contribution in [0.15, 0.2) is 75.0 Å². The number of amidine groups is 1. The summed E-state index contributed by atoms with van der Waals surface area (Å²) in [6.45, 7) is 5.11. The van der Waals surface area contributed by atoms with Crippen LogP contribution in [0, 0.1) is 0 Å². The van der Waals surface area contributed by atoms with Crippen LogP contribution >= 0.6 is 39.3 Å². The van der Waals surface area contributed by atoms with E-state index < -0.39 is 0 Å². The zero-order chi connectivity index (χ0) is 26.4. The molecule has 3 aromatic carbocycles. The van der Waals surface area contributed by atoms with E-state index >= 15 is 0 Å². The number of hydrogen-bond acceptors (Lipinski definition) is 6. The van der Waals surface area contributed by atoms with E-state index in [2.05, 4.69) is 15.9 Å². The maximum absolute atomic E-state index is 13.2. The molecule has 0 unspecified atom stereocenters. The van der Waals surface area contributed by atoms with Gasteiger partial charge < -0.3 is 14.2 Å². The van der Waals surface area contributed by atoms with Crippen molar-refractivity contribution < 1.29 is 19.0 Å². The Morgan fingerprint density at radius 2 is 1.84 bits per heavy atom. The molecule has 1 heterocycles. The maximum Gasteiger partial charge on any atom is 0.266 e. The number of benzene rings is 3. The molecule has 1 saturated heterocycles. The SMILES string of the molecule is CCOc1cc(/C=C2/SC(=Nc3ccc(OC)cc3)N(CC)C2=O)cc(Br)c1OCc1ccccc1Cl. The van der Waals surface area contributed by atoms with Crippen LogP contribution in [0.2, 0.25) is 5.02 Å². The van der Waals surface area contributed by atoms with Crippen molar-refractivity contribution in [2.24, 2.45) is 4.99 Å². The Labute approximate surface area is 234 Å². The molecule has 6 nitrogen and oxygen atoms in total. The van der Waals surface area contributed by atoms with Gasteiger partial charge in [0.05, 0.1) is 28.8 Å². The van der Waals surface area contributed by atoms with Crippen molar-refractivity contribution in [2.75, 3.05) is 20.3 Å². The topological polar surface area (TPSA) is 60.4 Å². The van der Waals surface area contributed by atoms with E-state index in [-0.39, 0.29) is 5.91 Å². The quantitative estimate of drug-likeness (QED) is 0.235. The molecule has 37 heavy (non-hydrogen) atoms. The summed E-state index contributed by atoms with van der Waals surface area (Å²) in [5.74, 6) is 1.81. The number of nitrogens with zero attached hydrogens (tertiary/aromatic N) is 2. The van der Waals surface area contributed by atoms with Crippen molar-refractivity contribution in [2.45, 2.75) is 20.5 Å². The molecule has 0 saturated carbocycles. The van der Waals surface area contributed by atoms with Gasteiger partial charge in [0.25, 0.3) is 5.91 Å². The van der Waals surface area contributed by atoms with Crippen molar-refractivity contribution in [3.63, 3.8) is 0 Å². The average molecular weight is 602 g/mol. The third-order valence-corrected chi connectivity index (χ3v) is 7.43. The molecule has 1 amide bonds. The monoisotopic (exact) mass is 600 g/mol. The van der Waals surface area contributed by atoms with E-state index in [0.29, 0.717) is 50.8 Å². The molecule has 3 aromatic rings. The van der Waals surface area contributed by atoms with Crippen LogP contribution < -0.4 is 14.2 Å². The second-order valence-corrected chi connectivity index (χ2v) is 10.2. The summed E-state index contributed by atoms with van der Waals surface area (Å²) < 4.78 is 17.9. The molecule has 9 heteroatoms. The van der Waals surface area contributed by atoms with Gasteiger partial charge in [0.2, 0.25) is 0 Å². The van der Waals surface area contributed by atoms with Crippen molar-refractivity contribution in [3.8, 4) is 17.2 Å². The van der Waals surface area contributed by atoms with Crippen LogP contribution in [-0.4, -0.2) is 36.2 Å². The molecule has 0 aliphatic carbocycles. The lowest BCUT2D eigenvalue weighted by Crippen LogP contribution is -2.28. The Balaban J connectivity index is 1.60. The van der Waals surface area contributed by atoms with E-state index in [1.807, 2.05) is 80.6 Å². The number of carbonyl (C=O) groups is 1. The Morgan fingerprint density at radius 1 is 1.08 bits per heavy atom. The molecule has 0 aromatic heterocycles. The van der Waals surface area contributed by atoms with Crippen LogP contribution in [0.1, 0.15) is 25.0 Å². The van der Waals surface area contributed by atoms with Gasteiger partial charge in [0.1, 0.15) is 12.4 Å². The highest BCUT2D eigenvalue weighted by atomic mass is 79.9. The van der Waals surface area contributed by atoms with E-state index in [4.69, 9.17) is 30.8 Å². The fourth-order valence-corrected chi connectivity index (χ4v) is 5.46. The highest BCUT2D eigenvalue weighted by molar-refractivity contribution is 9.10. The normalized spacial score (nSPS) is 15.5.